The van der Waals surface area contributed by atoms with E-state index in [1.165, 1.54) is 23.1 Å². The minimum atomic E-state index is -3.93. The van der Waals surface area contributed by atoms with Crippen LogP contribution < -0.4 is 9.62 Å². The van der Waals surface area contributed by atoms with E-state index in [4.69, 9.17) is 46.4 Å². The van der Waals surface area contributed by atoms with Crippen molar-refractivity contribution >= 4 is 73.9 Å². The van der Waals surface area contributed by atoms with Gasteiger partial charge in [-0.25, -0.2) is 8.42 Å². The van der Waals surface area contributed by atoms with Gasteiger partial charge in [-0.15, -0.1) is 0 Å². The molecule has 2 aromatic rings. The highest BCUT2D eigenvalue weighted by Gasteiger charge is 2.31. The molecular weight excluding hydrogens is 544 g/mol. The van der Waals surface area contributed by atoms with Crippen molar-refractivity contribution in [2.45, 2.75) is 39.4 Å². The molecule has 0 spiro atoms. The van der Waals surface area contributed by atoms with Crippen LogP contribution in [0.15, 0.2) is 36.4 Å². The van der Waals surface area contributed by atoms with Crippen LogP contribution in [0.3, 0.4) is 0 Å². The molecule has 0 aliphatic rings. The van der Waals surface area contributed by atoms with E-state index in [0.29, 0.717) is 10.6 Å². The molecule has 1 atom stereocenters. The molecule has 0 aliphatic heterocycles. The van der Waals surface area contributed by atoms with Crippen molar-refractivity contribution in [1.82, 2.24) is 10.2 Å². The number of nitrogens with zero attached hydrogens (tertiary/aromatic N) is 2. The molecule has 2 aromatic carbocycles. The van der Waals surface area contributed by atoms with Crippen LogP contribution in [0, 0.1) is 0 Å². The number of amides is 2. The van der Waals surface area contributed by atoms with Crippen LogP contribution in [0.5, 0.6) is 0 Å². The van der Waals surface area contributed by atoms with Crippen molar-refractivity contribution in [3.05, 3.63) is 62.1 Å². The lowest BCUT2D eigenvalue weighted by Gasteiger charge is -2.32. The first kappa shape index (κ1) is 28.5. The molecule has 186 valence electrons. The zero-order valence-corrected chi connectivity index (χ0v) is 22.8. The highest BCUT2D eigenvalue weighted by molar-refractivity contribution is 7.92. The molecule has 34 heavy (non-hydrogen) atoms. The third kappa shape index (κ3) is 7.65. The van der Waals surface area contributed by atoms with Gasteiger partial charge in [0, 0.05) is 17.6 Å². The van der Waals surface area contributed by atoms with E-state index < -0.39 is 34.4 Å². The maximum absolute atomic E-state index is 13.5. The van der Waals surface area contributed by atoms with E-state index in [-0.39, 0.29) is 33.3 Å². The van der Waals surface area contributed by atoms with Gasteiger partial charge >= 0.3 is 0 Å². The van der Waals surface area contributed by atoms with Gasteiger partial charge in [0.2, 0.25) is 21.8 Å². The Bertz CT molecular complexity index is 1170. The lowest BCUT2D eigenvalue weighted by Crippen LogP contribution is -2.52. The molecule has 0 heterocycles. The zero-order chi connectivity index (χ0) is 25.8. The fourth-order valence-electron chi connectivity index (χ4n) is 3.09. The average Bonchev–Trinajstić information content (AvgIpc) is 2.72. The predicted molar refractivity (Wildman–Crippen MR) is 138 cm³/mol. The van der Waals surface area contributed by atoms with E-state index >= 15 is 0 Å². The zero-order valence-electron chi connectivity index (χ0n) is 19.0. The molecule has 0 fully saturated rings. The van der Waals surface area contributed by atoms with E-state index in [2.05, 4.69) is 5.32 Å². The SMILES string of the molecule is CC(C)NC(=O)C(C)N(Cc1ccc(Cl)c(Cl)c1)C(=O)CN(c1cc(Cl)ccc1Cl)S(C)(=O)=O. The summed E-state index contributed by atoms with van der Waals surface area (Å²) < 4.78 is 26.0. The monoisotopic (exact) mass is 567 g/mol. The van der Waals surface area contributed by atoms with Gasteiger partial charge in [-0.2, -0.15) is 0 Å². The Morgan fingerprint density at radius 1 is 0.941 bits per heavy atom. The molecule has 0 aromatic heterocycles. The van der Waals surface area contributed by atoms with Crippen molar-refractivity contribution in [2.24, 2.45) is 0 Å². The van der Waals surface area contributed by atoms with Crippen LogP contribution in [0.1, 0.15) is 26.3 Å². The molecule has 2 rings (SSSR count). The van der Waals surface area contributed by atoms with Crippen LogP contribution in [0.2, 0.25) is 20.1 Å². The van der Waals surface area contributed by atoms with Gasteiger partial charge in [0.15, 0.2) is 0 Å². The van der Waals surface area contributed by atoms with E-state index in [9.17, 15) is 18.0 Å². The van der Waals surface area contributed by atoms with Gasteiger partial charge in [0.05, 0.1) is 27.0 Å². The fraction of sp³-hybridized carbons (Fsp3) is 0.364. The molecule has 7 nitrogen and oxygen atoms in total. The smallest absolute Gasteiger partial charge is 0.244 e. The number of nitrogens with one attached hydrogen (secondary N) is 1. The molecule has 0 radical (unpaired) electrons. The standard InChI is InChI=1S/C22H25Cl4N3O4S/c1-13(2)27-22(31)14(3)28(11-15-5-7-17(24)19(26)9-15)21(30)12-29(34(4,32)33)20-10-16(23)6-8-18(20)25/h5-10,13-14H,11-12H2,1-4H3,(H,27,31). The molecule has 0 aliphatic carbocycles. The quantitative estimate of drug-likeness (QED) is 0.461. The Hall–Kier alpha value is -1.71. The number of hydrogen-bond donors (Lipinski definition) is 1. The normalized spacial score (nSPS) is 12.4. The number of hydrogen-bond acceptors (Lipinski definition) is 4. The van der Waals surface area contributed by atoms with Crippen molar-refractivity contribution in [3.63, 3.8) is 0 Å². The van der Waals surface area contributed by atoms with E-state index in [1.54, 1.807) is 39.0 Å². The summed E-state index contributed by atoms with van der Waals surface area (Å²) in [6, 6.07) is 8.06. The van der Waals surface area contributed by atoms with Gasteiger partial charge in [0.1, 0.15) is 12.6 Å². The first-order valence-corrected chi connectivity index (χ1v) is 13.5. The topological polar surface area (TPSA) is 86.8 Å². The first-order valence-electron chi connectivity index (χ1n) is 10.2. The summed E-state index contributed by atoms with van der Waals surface area (Å²) in [5.74, 6) is -1.02. The molecule has 0 saturated heterocycles. The maximum Gasteiger partial charge on any atom is 0.244 e. The number of carbonyl (C=O) groups is 2. The summed E-state index contributed by atoms with van der Waals surface area (Å²) in [5, 5.41) is 3.74. The van der Waals surface area contributed by atoms with E-state index in [1.807, 2.05) is 0 Å². The van der Waals surface area contributed by atoms with Gasteiger partial charge in [-0.1, -0.05) is 52.5 Å². The molecular formula is C22H25Cl4N3O4S. The molecule has 2 amide bonds. The van der Waals surface area contributed by atoms with Crippen molar-refractivity contribution in [3.8, 4) is 0 Å². The van der Waals surface area contributed by atoms with Crippen molar-refractivity contribution in [2.75, 3.05) is 17.1 Å². The summed E-state index contributed by atoms with van der Waals surface area (Å²) >= 11 is 24.4. The lowest BCUT2D eigenvalue weighted by molar-refractivity contribution is -0.139. The van der Waals surface area contributed by atoms with Crippen molar-refractivity contribution in [1.29, 1.82) is 0 Å². The average molecular weight is 569 g/mol. The minimum Gasteiger partial charge on any atom is -0.352 e. The van der Waals surface area contributed by atoms with Crippen LogP contribution in [0.25, 0.3) is 0 Å². The highest BCUT2D eigenvalue weighted by atomic mass is 35.5. The van der Waals surface area contributed by atoms with Crippen LogP contribution in [0.4, 0.5) is 5.69 Å². The van der Waals surface area contributed by atoms with Crippen LogP contribution in [-0.4, -0.2) is 50.0 Å². The van der Waals surface area contributed by atoms with Crippen LogP contribution >= 0.6 is 46.4 Å². The first-order chi connectivity index (χ1) is 15.7. The summed E-state index contributed by atoms with van der Waals surface area (Å²) in [6.07, 6.45) is 0.954. The van der Waals surface area contributed by atoms with Gasteiger partial charge in [-0.3, -0.25) is 13.9 Å². The minimum absolute atomic E-state index is 0.0106. The van der Waals surface area contributed by atoms with Gasteiger partial charge in [-0.05, 0) is 56.7 Å². The summed E-state index contributed by atoms with van der Waals surface area (Å²) in [6.45, 7) is 4.54. The maximum atomic E-state index is 13.5. The Morgan fingerprint density at radius 2 is 1.56 bits per heavy atom. The summed E-state index contributed by atoms with van der Waals surface area (Å²) in [5.41, 5.74) is 0.664. The number of halogens is 4. The molecule has 12 heteroatoms. The fourth-order valence-corrected chi connectivity index (χ4v) is 4.70. The van der Waals surface area contributed by atoms with Crippen LogP contribution in [-0.2, 0) is 26.2 Å². The van der Waals surface area contributed by atoms with E-state index in [0.717, 1.165) is 10.6 Å². The number of sulfonamides is 1. The number of anilines is 1. The van der Waals surface area contributed by atoms with Crippen molar-refractivity contribution < 1.29 is 18.0 Å². The molecule has 1 unspecified atom stereocenters. The Balaban J connectivity index is 2.46. The molecule has 0 bridgehead atoms. The Kier molecular flexibility index (Phi) is 9.91. The number of benzene rings is 2. The highest BCUT2D eigenvalue weighted by Crippen LogP contribution is 2.31. The third-order valence-electron chi connectivity index (χ3n) is 4.79. The second-order valence-electron chi connectivity index (χ2n) is 7.97. The predicted octanol–water partition coefficient (Wildman–Crippen LogP) is 5.01. The number of carbonyl (C=O) groups excluding carboxylic acids is 2. The van der Waals surface area contributed by atoms with Gasteiger partial charge < -0.3 is 10.2 Å². The summed E-state index contributed by atoms with van der Waals surface area (Å²) in [7, 11) is -3.93. The molecule has 1 N–H and O–H groups in total. The number of rotatable bonds is 9. The Labute approximate surface area is 220 Å². The molecule has 0 saturated carbocycles. The summed E-state index contributed by atoms with van der Waals surface area (Å²) in [4.78, 5) is 27.5. The second kappa shape index (κ2) is 11.8. The largest absolute Gasteiger partial charge is 0.352 e. The lowest BCUT2D eigenvalue weighted by atomic mass is 10.1. The van der Waals surface area contributed by atoms with Gasteiger partial charge in [0.25, 0.3) is 0 Å². The third-order valence-corrected chi connectivity index (χ3v) is 7.21. The second-order valence-corrected chi connectivity index (χ2v) is 11.5. The Morgan fingerprint density at radius 3 is 2.12 bits per heavy atom.